The van der Waals surface area contributed by atoms with Crippen LogP contribution in [0.25, 0.3) is 0 Å². The van der Waals surface area contributed by atoms with Crippen LogP contribution in [0.15, 0.2) is 29.4 Å². The van der Waals surface area contributed by atoms with Crippen molar-refractivity contribution in [2.45, 2.75) is 24.7 Å². The van der Waals surface area contributed by atoms with Crippen molar-refractivity contribution in [2.75, 3.05) is 0 Å². The maximum Gasteiger partial charge on any atom is 0.438 e. The van der Waals surface area contributed by atoms with Crippen molar-refractivity contribution in [3.63, 3.8) is 0 Å². The number of alkyl halides is 3. The van der Waals surface area contributed by atoms with Crippen LogP contribution in [0.3, 0.4) is 0 Å². The van der Waals surface area contributed by atoms with Crippen LogP contribution < -0.4 is 0 Å². The quantitative estimate of drug-likeness (QED) is 0.662. The monoisotopic (exact) mass is 342 g/mol. The lowest BCUT2D eigenvalue weighted by molar-refractivity contribution is -0.384. The third-order valence-electron chi connectivity index (χ3n) is 3.32. The predicted molar refractivity (Wildman–Crippen MR) is 72.3 cm³/mol. The molecule has 0 bridgehead atoms. The fourth-order valence-electron chi connectivity index (χ4n) is 2.11. The number of hydrogen-bond acceptors (Lipinski definition) is 6. The Morgan fingerprint density at radius 3 is 2.50 bits per heavy atom. The van der Waals surface area contributed by atoms with Gasteiger partial charge in [0.15, 0.2) is 0 Å². The van der Waals surface area contributed by atoms with E-state index in [2.05, 4.69) is 5.10 Å². The van der Waals surface area contributed by atoms with E-state index in [0.717, 1.165) is 24.3 Å². The standard InChI is InChI=1S/C13H9F3N4O4/c14-13(15,16)12(22)7-10(18-19(12)11(21)5-6-17)8-1-3-9(4-2-8)20(23)24/h1-4,22H,5,7H2/t12-/m0/s1. The number of benzene rings is 1. The Balaban J connectivity index is 2.42. The van der Waals surface area contributed by atoms with Gasteiger partial charge in [-0.05, 0) is 17.7 Å². The number of nitriles is 1. The normalized spacial score (nSPS) is 20.5. The number of aliphatic hydroxyl groups is 1. The molecule has 11 heteroatoms. The number of non-ortho nitro benzene ring substituents is 1. The predicted octanol–water partition coefficient (Wildman–Crippen LogP) is 1.70. The van der Waals surface area contributed by atoms with Gasteiger partial charge in [0.2, 0.25) is 0 Å². The van der Waals surface area contributed by atoms with Gasteiger partial charge >= 0.3 is 6.18 Å². The summed E-state index contributed by atoms with van der Waals surface area (Å²) < 4.78 is 39.5. The van der Waals surface area contributed by atoms with Crippen molar-refractivity contribution < 1.29 is 28.0 Å². The number of hydrazone groups is 1. The molecule has 1 aromatic rings. The summed E-state index contributed by atoms with van der Waals surface area (Å²) in [6, 6.07) is 5.83. The van der Waals surface area contributed by atoms with Gasteiger partial charge in [-0.15, -0.1) is 0 Å². The smallest absolute Gasteiger partial charge is 0.362 e. The minimum absolute atomic E-state index is 0.0792. The third-order valence-corrected chi connectivity index (χ3v) is 3.32. The maximum atomic E-state index is 13.2. The van der Waals surface area contributed by atoms with E-state index in [1.807, 2.05) is 0 Å². The number of nitro groups is 1. The highest BCUT2D eigenvalue weighted by Gasteiger charge is 2.63. The molecule has 0 aliphatic carbocycles. The van der Waals surface area contributed by atoms with Crippen LogP contribution in [0.4, 0.5) is 18.9 Å². The van der Waals surface area contributed by atoms with Gasteiger partial charge in [-0.2, -0.15) is 28.5 Å². The second-order valence-electron chi connectivity index (χ2n) is 4.88. The Morgan fingerprint density at radius 2 is 2.04 bits per heavy atom. The summed E-state index contributed by atoms with van der Waals surface area (Å²) >= 11 is 0. The number of halogens is 3. The van der Waals surface area contributed by atoms with Crippen molar-refractivity contribution in [3.8, 4) is 6.07 Å². The molecule has 1 amide bonds. The van der Waals surface area contributed by atoms with E-state index in [9.17, 15) is 33.2 Å². The van der Waals surface area contributed by atoms with E-state index >= 15 is 0 Å². The first-order valence-corrected chi connectivity index (χ1v) is 6.41. The Labute approximate surface area is 132 Å². The Morgan fingerprint density at radius 1 is 1.46 bits per heavy atom. The zero-order chi connectivity index (χ0) is 18.1. The lowest BCUT2D eigenvalue weighted by Gasteiger charge is -2.32. The molecule has 1 N–H and O–H groups in total. The minimum atomic E-state index is -5.20. The molecule has 0 saturated carbocycles. The van der Waals surface area contributed by atoms with E-state index in [1.54, 1.807) is 0 Å². The number of rotatable bonds is 3. The zero-order valence-electron chi connectivity index (χ0n) is 11.8. The van der Waals surface area contributed by atoms with Crippen LogP contribution in [0.5, 0.6) is 0 Å². The summed E-state index contributed by atoms with van der Waals surface area (Å²) in [4.78, 5) is 21.6. The number of carbonyl (C=O) groups excluding carboxylic acids is 1. The molecule has 0 unspecified atom stereocenters. The van der Waals surface area contributed by atoms with Crippen LogP contribution >= 0.6 is 0 Å². The molecule has 1 aromatic carbocycles. The first-order chi connectivity index (χ1) is 11.1. The summed E-state index contributed by atoms with van der Waals surface area (Å²) in [5.74, 6) is -1.31. The molecule has 0 spiro atoms. The number of nitro benzene ring substituents is 1. The molecular weight excluding hydrogens is 333 g/mol. The van der Waals surface area contributed by atoms with Crippen LogP contribution in [0, 0.1) is 21.4 Å². The molecule has 8 nitrogen and oxygen atoms in total. The Bertz CT molecular complexity index is 754. The molecule has 1 aliphatic rings. The average molecular weight is 342 g/mol. The van der Waals surface area contributed by atoms with Gasteiger partial charge in [-0.25, -0.2) is 0 Å². The van der Waals surface area contributed by atoms with Gasteiger partial charge in [0, 0.05) is 12.1 Å². The molecule has 126 valence electrons. The van der Waals surface area contributed by atoms with Gasteiger partial charge in [-0.3, -0.25) is 14.9 Å². The molecule has 1 heterocycles. The zero-order valence-corrected chi connectivity index (χ0v) is 11.8. The molecule has 1 aliphatic heterocycles. The SMILES string of the molecule is N#CCC(=O)N1N=C(c2ccc([N+](=O)[O-])cc2)C[C@]1(O)C(F)(F)F. The second-order valence-corrected chi connectivity index (χ2v) is 4.88. The van der Waals surface area contributed by atoms with E-state index in [1.165, 1.54) is 6.07 Å². The number of hydrogen-bond donors (Lipinski definition) is 1. The third kappa shape index (κ3) is 2.91. The highest BCUT2D eigenvalue weighted by molar-refractivity contribution is 6.03. The van der Waals surface area contributed by atoms with Gasteiger partial charge in [0.25, 0.3) is 17.3 Å². The number of carbonyl (C=O) groups is 1. The fourth-order valence-corrected chi connectivity index (χ4v) is 2.11. The fraction of sp³-hybridized carbons (Fsp3) is 0.308. The van der Waals surface area contributed by atoms with Crippen molar-refractivity contribution in [3.05, 3.63) is 39.9 Å². The van der Waals surface area contributed by atoms with Gasteiger partial charge in [-0.1, -0.05) is 0 Å². The average Bonchev–Trinajstić information content (AvgIpc) is 2.86. The molecule has 0 radical (unpaired) electrons. The van der Waals surface area contributed by atoms with Crippen LogP contribution in [0.1, 0.15) is 18.4 Å². The van der Waals surface area contributed by atoms with E-state index in [0.29, 0.717) is 0 Å². The molecule has 0 fully saturated rings. The van der Waals surface area contributed by atoms with Gasteiger partial charge in [0.1, 0.15) is 6.42 Å². The van der Waals surface area contributed by atoms with E-state index < -0.39 is 35.6 Å². The first-order valence-electron chi connectivity index (χ1n) is 6.41. The lowest BCUT2D eigenvalue weighted by atomic mass is 10.0. The maximum absolute atomic E-state index is 13.2. The van der Waals surface area contributed by atoms with Gasteiger partial charge in [0.05, 0.1) is 23.1 Å². The molecule has 0 saturated heterocycles. The molecule has 0 aromatic heterocycles. The summed E-state index contributed by atoms with van der Waals surface area (Å²) in [6.07, 6.45) is -7.15. The summed E-state index contributed by atoms with van der Waals surface area (Å²) in [6.45, 7) is 0. The number of nitrogens with zero attached hydrogens (tertiary/aromatic N) is 4. The molecule has 1 atom stereocenters. The highest BCUT2D eigenvalue weighted by Crippen LogP contribution is 2.41. The topological polar surface area (TPSA) is 120 Å². The largest absolute Gasteiger partial charge is 0.438 e. The Hall–Kier alpha value is -3.00. The van der Waals surface area contributed by atoms with Crippen LogP contribution in [-0.2, 0) is 4.79 Å². The Kier molecular flexibility index (Phi) is 4.26. The summed E-state index contributed by atoms with van der Waals surface area (Å²) in [5.41, 5.74) is -4.05. The molecular formula is C13H9F3N4O4. The van der Waals surface area contributed by atoms with E-state index in [-0.39, 0.29) is 22.0 Å². The van der Waals surface area contributed by atoms with Crippen LogP contribution in [0.2, 0.25) is 0 Å². The van der Waals surface area contributed by atoms with Crippen LogP contribution in [-0.4, -0.2) is 38.6 Å². The summed E-state index contributed by atoms with van der Waals surface area (Å²) in [7, 11) is 0. The molecule has 2 rings (SSSR count). The van der Waals surface area contributed by atoms with E-state index in [4.69, 9.17) is 5.26 Å². The van der Waals surface area contributed by atoms with Crippen molar-refractivity contribution in [1.29, 1.82) is 5.26 Å². The number of amides is 1. The minimum Gasteiger partial charge on any atom is -0.362 e. The highest BCUT2D eigenvalue weighted by atomic mass is 19.4. The van der Waals surface area contributed by atoms with Crippen molar-refractivity contribution >= 4 is 17.3 Å². The second kappa shape index (κ2) is 5.89. The van der Waals surface area contributed by atoms with Gasteiger partial charge < -0.3 is 5.11 Å². The summed E-state index contributed by atoms with van der Waals surface area (Å²) in [5, 5.41) is 32.3. The first kappa shape index (κ1) is 17.4. The lowest BCUT2D eigenvalue weighted by Crippen LogP contribution is -2.56. The van der Waals surface area contributed by atoms with Crippen molar-refractivity contribution in [1.82, 2.24) is 5.01 Å². The van der Waals surface area contributed by atoms with Crippen molar-refractivity contribution in [2.24, 2.45) is 5.10 Å². The molecule has 24 heavy (non-hydrogen) atoms.